The van der Waals surface area contributed by atoms with Gasteiger partial charge in [-0.15, -0.1) is 0 Å². The van der Waals surface area contributed by atoms with E-state index in [1.54, 1.807) is 37.5 Å². The van der Waals surface area contributed by atoms with Gasteiger partial charge in [0.2, 0.25) is 11.6 Å². The summed E-state index contributed by atoms with van der Waals surface area (Å²) >= 11 is 0. The van der Waals surface area contributed by atoms with E-state index in [9.17, 15) is 14.4 Å². The normalized spacial score (nSPS) is 20.3. The number of hydrogen-bond acceptors (Lipinski definition) is 5. The Morgan fingerprint density at radius 1 is 1.10 bits per heavy atom. The first kappa shape index (κ1) is 18.3. The summed E-state index contributed by atoms with van der Waals surface area (Å²) in [5, 5.41) is 0.945. The molecule has 1 fully saturated rings. The van der Waals surface area contributed by atoms with Crippen LogP contribution < -0.4 is 4.90 Å². The number of fused-ring (bicyclic) bond motifs is 4. The number of para-hydroxylation sites is 2. The molecular weight excluding hydrogens is 382 g/mol. The number of likely N-dealkylation sites (N-methyl/N-ethyl adjacent to an activating group) is 1. The standard InChI is InChI=1S/C23H19N3O4/c1-25-21(28)17-9-2-3-10-18(17)26-19(27)11-12-23(25,26)22(29)30-14-16-7-4-6-15-8-5-13-24-20(15)16/h2-10,13H,11-12,14H2,1H3. The van der Waals surface area contributed by atoms with Gasteiger partial charge in [0.1, 0.15) is 6.61 Å². The number of amides is 2. The lowest BCUT2D eigenvalue weighted by molar-refractivity contribution is -0.157. The Morgan fingerprint density at radius 3 is 2.77 bits per heavy atom. The highest BCUT2D eigenvalue weighted by molar-refractivity contribution is 6.15. The minimum atomic E-state index is -1.47. The molecule has 7 heteroatoms. The molecule has 1 atom stereocenters. The fourth-order valence-corrected chi connectivity index (χ4v) is 4.43. The van der Waals surface area contributed by atoms with Crippen molar-refractivity contribution in [1.29, 1.82) is 0 Å². The summed E-state index contributed by atoms with van der Waals surface area (Å²) in [5.41, 5.74) is 0.895. The quantitative estimate of drug-likeness (QED) is 0.631. The van der Waals surface area contributed by atoms with Crippen LogP contribution in [0.25, 0.3) is 10.9 Å². The summed E-state index contributed by atoms with van der Waals surface area (Å²) in [4.78, 5) is 46.3. The Bertz CT molecular complexity index is 1200. The van der Waals surface area contributed by atoms with Crippen LogP contribution in [0.4, 0.5) is 5.69 Å². The van der Waals surface area contributed by atoms with Crippen LogP contribution in [0.2, 0.25) is 0 Å². The second-order valence-corrected chi connectivity index (χ2v) is 7.50. The van der Waals surface area contributed by atoms with Gasteiger partial charge in [0, 0.05) is 37.0 Å². The molecule has 0 spiro atoms. The highest BCUT2D eigenvalue weighted by Crippen LogP contribution is 2.44. The summed E-state index contributed by atoms with van der Waals surface area (Å²) < 4.78 is 5.70. The van der Waals surface area contributed by atoms with E-state index in [2.05, 4.69) is 4.98 Å². The highest BCUT2D eigenvalue weighted by atomic mass is 16.5. The van der Waals surface area contributed by atoms with Gasteiger partial charge in [0.15, 0.2) is 0 Å². The number of carbonyl (C=O) groups excluding carboxylic acids is 3. The lowest BCUT2D eigenvalue weighted by Gasteiger charge is -2.46. The Hall–Kier alpha value is -3.74. The molecule has 0 bridgehead atoms. The molecule has 1 saturated heterocycles. The molecule has 0 N–H and O–H groups in total. The van der Waals surface area contributed by atoms with Crippen LogP contribution in [-0.2, 0) is 20.9 Å². The zero-order valence-corrected chi connectivity index (χ0v) is 16.4. The van der Waals surface area contributed by atoms with Gasteiger partial charge in [-0.25, -0.2) is 4.79 Å². The third-order valence-electron chi connectivity index (χ3n) is 5.94. The van der Waals surface area contributed by atoms with Gasteiger partial charge in [-0.1, -0.05) is 36.4 Å². The van der Waals surface area contributed by atoms with E-state index < -0.39 is 11.6 Å². The maximum atomic E-state index is 13.4. The number of esters is 1. The van der Waals surface area contributed by atoms with Crippen molar-refractivity contribution in [3.05, 3.63) is 71.9 Å². The van der Waals surface area contributed by atoms with E-state index in [-0.39, 0.29) is 31.3 Å². The zero-order chi connectivity index (χ0) is 20.9. The maximum Gasteiger partial charge on any atom is 0.354 e. The Balaban J connectivity index is 1.51. The second kappa shape index (κ2) is 6.66. The average Bonchev–Trinajstić information content (AvgIpc) is 3.14. The van der Waals surface area contributed by atoms with Crippen molar-refractivity contribution in [3.63, 3.8) is 0 Å². The van der Waals surface area contributed by atoms with E-state index in [4.69, 9.17) is 4.74 Å². The van der Waals surface area contributed by atoms with Crippen molar-refractivity contribution in [2.45, 2.75) is 25.1 Å². The molecule has 2 aliphatic heterocycles. The van der Waals surface area contributed by atoms with Crippen LogP contribution >= 0.6 is 0 Å². The topological polar surface area (TPSA) is 79.8 Å². The number of anilines is 1. The molecule has 1 unspecified atom stereocenters. The average molecular weight is 401 g/mol. The first-order valence-electron chi connectivity index (χ1n) is 9.74. The summed E-state index contributed by atoms with van der Waals surface area (Å²) in [6.07, 6.45) is 2.04. The smallest absolute Gasteiger partial charge is 0.354 e. The number of pyridine rings is 1. The molecular formula is C23H19N3O4. The number of hydrogen-bond donors (Lipinski definition) is 0. The minimum absolute atomic E-state index is 0.000639. The second-order valence-electron chi connectivity index (χ2n) is 7.50. The number of rotatable bonds is 3. The molecule has 2 aliphatic rings. The van der Waals surface area contributed by atoms with E-state index in [1.165, 1.54) is 9.80 Å². The highest BCUT2D eigenvalue weighted by Gasteiger charge is 2.60. The van der Waals surface area contributed by atoms with Crippen LogP contribution in [0.3, 0.4) is 0 Å². The predicted molar refractivity (Wildman–Crippen MR) is 110 cm³/mol. The molecule has 3 aromatic rings. The molecule has 1 aromatic heterocycles. The van der Waals surface area contributed by atoms with E-state index >= 15 is 0 Å². The first-order valence-corrected chi connectivity index (χ1v) is 9.74. The van der Waals surface area contributed by atoms with Crippen molar-refractivity contribution in [3.8, 4) is 0 Å². The fourth-order valence-electron chi connectivity index (χ4n) is 4.43. The molecule has 2 amide bonds. The predicted octanol–water partition coefficient (Wildman–Crippen LogP) is 2.89. The van der Waals surface area contributed by atoms with Crippen molar-refractivity contribution in [2.75, 3.05) is 11.9 Å². The lowest BCUT2D eigenvalue weighted by atomic mass is 9.97. The maximum absolute atomic E-state index is 13.4. The van der Waals surface area contributed by atoms with Crippen LogP contribution in [-0.4, -0.2) is 40.4 Å². The minimum Gasteiger partial charge on any atom is -0.458 e. The number of carbonyl (C=O) groups is 3. The molecule has 0 radical (unpaired) electrons. The fraction of sp³-hybridized carbons (Fsp3) is 0.217. The van der Waals surface area contributed by atoms with Crippen LogP contribution in [0.15, 0.2) is 60.8 Å². The molecule has 0 saturated carbocycles. The number of aromatic nitrogens is 1. The first-order chi connectivity index (χ1) is 14.5. The number of nitrogens with zero attached hydrogens (tertiary/aromatic N) is 3. The number of benzene rings is 2. The van der Waals surface area contributed by atoms with Gasteiger partial charge in [-0.05, 0) is 18.2 Å². The largest absolute Gasteiger partial charge is 0.458 e. The van der Waals surface area contributed by atoms with Crippen LogP contribution in [0, 0.1) is 0 Å². The van der Waals surface area contributed by atoms with Gasteiger partial charge >= 0.3 is 5.97 Å². The Morgan fingerprint density at radius 2 is 1.90 bits per heavy atom. The summed E-state index contributed by atoms with van der Waals surface area (Å²) in [7, 11) is 1.55. The SMILES string of the molecule is CN1C(=O)c2ccccc2N2C(=O)CCC12C(=O)OCc1cccc2cccnc12. The van der Waals surface area contributed by atoms with E-state index in [0.717, 1.165) is 16.5 Å². The Labute approximate surface area is 172 Å². The molecule has 3 heterocycles. The van der Waals surface area contributed by atoms with Gasteiger partial charge in [-0.2, -0.15) is 0 Å². The van der Waals surface area contributed by atoms with Crippen molar-refractivity contribution < 1.29 is 19.1 Å². The van der Waals surface area contributed by atoms with Crippen molar-refractivity contribution in [1.82, 2.24) is 9.88 Å². The molecule has 2 aromatic carbocycles. The summed E-state index contributed by atoms with van der Waals surface area (Å²) in [6.45, 7) is 0.000639. The number of ether oxygens (including phenoxy) is 1. The Kier molecular flexibility index (Phi) is 4.06. The van der Waals surface area contributed by atoms with Crippen molar-refractivity contribution >= 4 is 34.4 Å². The monoisotopic (exact) mass is 401 g/mol. The van der Waals surface area contributed by atoms with E-state index in [0.29, 0.717) is 11.3 Å². The zero-order valence-electron chi connectivity index (χ0n) is 16.4. The van der Waals surface area contributed by atoms with Gasteiger partial charge in [0.25, 0.3) is 5.91 Å². The van der Waals surface area contributed by atoms with Gasteiger partial charge in [0.05, 0.1) is 16.8 Å². The molecule has 150 valence electrons. The third kappa shape index (κ3) is 2.45. The van der Waals surface area contributed by atoms with Crippen LogP contribution in [0.1, 0.15) is 28.8 Å². The molecule has 30 heavy (non-hydrogen) atoms. The molecule has 7 nitrogen and oxygen atoms in total. The summed E-state index contributed by atoms with van der Waals surface area (Å²) in [6, 6.07) is 16.3. The van der Waals surface area contributed by atoms with E-state index in [1.807, 2.05) is 30.3 Å². The van der Waals surface area contributed by atoms with Gasteiger partial charge in [-0.3, -0.25) is 19.5 Å². The third-order valence-corrected chi connectivity index (χ3v) is 5.94. The van der Waals surface area contributed by atoms with Crippen LogP contribution in [0.5, 0.6) is 0 Å². The molecule has 0 aliphatic carbocycles. The lowest BCUT2D eigenvalue weighted by Crippen LogP contribution is -2.67. The summed E-state index contributed by atoms with van der Waals surface area (Å²) in [5.74, 6) is -1.13. The van der Waals surface area contributed by atoms with Crippen molar-refractivity contribution in [2.24, 2.45) is 0 Å². The van der Waals surface area contributed by atoms with Gasteiger partial charge < -0.3 is 9.64 Å². The molecule has 5 rings (SSSR count).